The Morgan fingerprint density at radius 1 is 1.50 bits per heavy atom. The number of aromatic nitrogens is 2. The van der Waals surface area contributed by atoms with Crippen molar-refractivity contribution < 1.29 is 4.79 Å². The topological polar surface area (TPSA) is 75.3 Å². The van der Waals surface area contributed by atoms with Crippen molar-refractivity contribution in [3.8, 4) is 0 Å². The Hall–Kier alpha value is -1.56. The summed E-state index contributed by atoms with van der Waals surface area (Å²) in [6.07, 6.45) is 1.45. The molecule has 0 radical (unpaired) electrons. The molecule has 1 aliphatic rings. The molecule has 0 saturated carbocycles. The van der Waals surface area contributed by atoms with E-state index in [1.54, 1.807) is 11.9 Å². The van der Waals surface area contributed by atoms with Crippen LogP contribution in [0.15, 0.2) is 6.20 Å². The molecule has 0 atom stereocenters. The summed E-state index contributed by atoms with van der Waals surface area (Å²) >= 11 is 5.97. The molecule has 1 saturated heterocycles. The molecule has 1 fully saturated rings. The van der Waals surface area contributed by atoms with Crippen molar-refractivity contribution in [1.82, 2.24) is 14.9 Å². The van der Waals surface area contributed by atoms with Crippen LogP contribution < -0.4 is 10.6 Å². The van der Waals surface area contributed by atoms with E-state index in [1.807, 2.05) is 4.90 Å². The van der Waals surface area contributed by atoms with Crippen LogP contribution in [0.3, 0.4) is 0 Å². The Labute approximate surface area is 98.0 Å². The number of hydrogen-bond acceptors (Lipinski definition) is 5. The third kappa shape index (κ3) is 2.01. The molecule has 7 heteroatoms. The van der Waals surface area contributed by atoms with Gasteiger partial charge >= 0.3 is 0 Å². The highest BCUT2D eigenvalue weighted by molar-refractivity contribution is 6.32. The van der Waals surface area contributed by atoms with Gasteiger partial charge in [-0.05, 0) is 0 Å². The van der Waals surface area contributed by atoms with Crippen molar-refractivity contribution in [2.24, 2.45) is 0 Å². The Kier molecular flexibility index (Phi) is 2.82. The molecule has 2 rings (SSSR count). The van der Waals surface area contributed by atoms with Crippen LogP contribution in [0.1, 0.15) is 0 Å². The minimum Gasteiger partial charge on any atom is -0.368 e. The smallest absolute Gasteiger partial charge is 0.241 e. The average Bonchev–Trinajstić information content (AvgIpc) is 2.26. The van der Waals surface area contributed by atoms with E-state index in [0.29, 0.717) is 23.9 Å². The van der Waals surface area contributed by atoms with Crippen molar-refractivity contribution in [3.05, 3.63) is 11.2 Å². The third-order valence-corrected chi connectivity index (χ3v) is 2.77. The van der Waals surface area contributed by atoms with E-state index < -0.39 is 0 Å². The Bertz CT molecular complexity index is 424. The van der Waals surface area contributed by atoms with E-state index >= 15 is 0 Å². The molecule has 6 nitrogen and oxygen atoms in total. The molecule has 0 aromatic carbocycles. The van der Waals surface area contributed by atoms with Gasteiger partial charge in [0.15, 0.2) is 5.82 Å². The van der Waals surface area contributed by atoms with Crippen LogP contribution in [0.5, 0.6) is 0 Å². The standard InChI is InChI=1S/C9H12ClN5O/c1-14-2-3-15(5-7(14)16)8-6(10)4-12-9(11)13-8/h4H,2-3,5H2,1H3,(H2,11,12,13). The van der Waals surface area contributed by atoms with E-state index in [-0.39, 0.29) is 18.4 Å². The Balaban J connectivity index is 2.24. The highest BCUT2D eigenvalue weighted by atomic mass is 35.5. The molecular formula is C9H12ClN5O. The highest BCUT2D eigenvalue weighted by Gasteiger charge is 2.23. The lowest BCUT2D eigenvalue weighted by molar-refractivity contribution is -0.129. The first-order chi connectivity index (χ1) is 7.58. The minimum absolute atomic E-state index is 0.0412. The summed E-state index contributed by atoms with van der Waals surface area (Å²) in [4.78, 5) is 22.9. The number of nitrogens with zero attached hydrogens (tertiary/aromatic N) is 4. The summed E-state index contributed by atoms with van der Waals surface area (Å²) in [5, 5.41) is 0.409. The Morgan fingerprint density at radius 2 is 2.25 bits per heavy atom. The molecule has 2 N–H and O–H groups in total. The maximum atomic E-state index is 11.5. The van der Waals surface area contributed by atoms with Gasteiger partial charge in [0, 0.05) is 20.1 Å². The average molecular weight is 242 g/mol. The third-order valence-electron chi connectivity index (χ3n) is 2.50. The number of carbonyl (C=O) groups excluding carboxylic acids is 1. The predicted octanol–water partition coefficient (Wildman–Crippen LogP) is -0.00940. The second-order valence-electron chi connectivity index (χ2n) is 3.64. The molecule has 0 unspecified atom stereocenters. The van der Waals surface area contributed by atoms with E-state index in [4.69, 9.17) is 17.3 Å². The van der Waals surface area contributed by atoms with Gasteiger partial charge in [0.25, 0.3) is 0 Å². The summed E-state index contributed by atoms with van der Waals surface area (Å²) in [5.41, 5.74) is 5.49. The van der Waals surface area contributed by atoms with Gasteiger partial charge in [-0.25, -0.2) is 4.98 Å². The van der Waals surface area contributed by atoms with Crippen LogP contribution in [0.4, 0.5) is 11.8 Å². The molecule has 1 aliphatic heterocycles. The number of carbonyl (C=O) groups is 1. The number of likely N-dealkylation sites (N-methyl/N-ethyl adjacent to an activating group) is 1. The van der Waals surface area contributed by atoms with E-state index in [0.717, 1.165) is 0 Å². The fourth-order valence-electron chi connectivity index (χ4n) is 1.53. The fraction of sp³-hybridized carbons (Fsp3) is 0.444. The quantitative estimate of drug-likeness (QED) is 0.749. The fourth-order valence-corrected chi connectivity index (χ4v) is 1.74. The van der Waals surface area contributed by atoms with Crippen LogP contribution in [-0.4, -0.2) is 47.5 Å². The molecule has 0 bridgehead atoms. The van der Waals surface area contributed by atoms with Crippen molar-refractivity contribution in [3.63, 3.8) is 0 Å². The van der Waals surface area contributed by atoms with Gasteiger partial charge in [-0.2, -0.15) is 4.98 Å². The lowest BCUT2D eigenvalue weighted by Crippen LogP contribution is -2.49. The highest BCUT2D eigenvalue weighted by Crippen LogP contribution is 2.23. The molecule has 0 aliphatic carbocycles. The van der Waals surface area contributed by atoms with Crippen molar-refractivity contribution in [2.75, 3.05) is 37.3 Å². The summed E-state index contributed by atoms with van der Waals surface area (Å²) in [7, 11) is 1.77. The largest absolute Gasteiger partial charge is 0.368 e. The van der Waals surface area contributed by atoms with Crippen LogP contribution in [-0.2, 0) is 4.79 Å². The van der Waals surface area contributed by atoms with E-state index in [2.05, 4.69) is 9.97 Å². The van der Waals surface area contributed by atoms with Crippen molar-refractivity contribution in [2.45, 2.75) is 0 Å². The maximum Gasteiger partial charge on any atom is 0.241 e. The lowest BCUT2D eigenvalue weighted by Gasteiger charge is -2.32. The van der Waals surface area contributed by atoms with Gasteiger partial charge in [0.1, 0.15) is 5.02 Å². The summed E-state index contributed by atoms with van der Waals surface area (Å²) in [6.45, 7) is 1.62. The number of hydrogen-bond donors (Lipinski definition) is 1. The van der Waals surface area contributed by atoms with Crippen LogP contribution in [0, 0.1) is 0 Å². The van der Waals surface area contributed by atoms with Crippen LogP contribution in [0.25, 0.3) is 0 Å². The first-order valence-electron chi connectivity index (χ1n) is 4.85. The molecule has 1 aromatic rings. The summed E-state index contributed by atoms with van der Waals surface area (Å²) in [5.74, 6) is 0.723. The number of rotatable bonds is 1. The second kappa shape index (κ2) is 4.13. The zero-order chi connectivity index (χ0) is 11.7. The minimum atomic E-state index is 0.0412. The van der Waals surface area contributed by atoms with Gasteiger partial charge in [-0.15, -0.1) is 0 Å². The molecule has 0 spiro atoms. The SMILES string of the molecule is CN1CCN(c2nc(N)ncc2Cl)CC1=O. The summed E-state index contributed by atoms with van der Waals surface area (Å²) in [6, 6.07) is 0. The molecule has 86 valence electrons. The van der Waals surface area contributed by atoms with E-state index in [9.17, 15) is 4.79 Å². The van der Waals surface area contributed by atoms with Gasteiger partial charge in [-0.1, -0.05) is 11.6 Å². The monoisotopic (exact) mass is 241 g/mol. The van der Waals surface area contributed by atoms with Crippen molar-refractivity contribution >= 4 is 29.3 Å². The van der Waals surface area contributed by atoms with Gasteiger partial charge in [0.05, 0.1) is 12.7 Å². The van der Waals surface area contributed by atoms with Gasteiger partial charge in [-0.3, -0.25) is 4.79 Å². The van der Waals surface area contributed by atoms with Crippen LogP contribution >= 0.6 is 11.6 Å². The second-order valence-corrected chi connectivity index (χ2v) is 4.04. The van der Waals surface area contributed by atoms with Gasteiger partial charge in [0.2, 0.25) is 11.9 Å². The number of anilines is 2. The number of nitrogen functional groups attached to an aromatic ring is 1. The lowest BCUT2D eigenvalue weighted by atomic mass is 10.3. The first-order valence-corrected chi connectivity index (χ1v) is 5.22. The molecule has 2 heterocycles. The Morgan fingerprint density at radius 3 is 2.94 bits per heavy atom. The van der Waals surface area contributed by atoms with E-state index in [1.165, 1.54) is 6.20 Å². The zero-order valence-corrected chi connectivity index (χ0v) is 9.61. The summed E-state index contributed by atoms with van der Waals surface area (Å²) < 4.78 is 0. The first kappa shape index (κ1) is 10.9. The molecular weight excluding hydrogens is 230 g/mol. The van der Waals surface area contributed by atoms with Crippen LogP contribution in [0.2, 0.25) is 5.02 Å². The molecule has 1 amide bonds. The zero-order valence-electron chi connectivity index (χ0n) is 8.85. The molecule has 16 heavy (non-hydrogen) atoms. The maximum absolute atomic E-state index is 11.5. The number of halogens is 1. The van der Waals surface area contributed by atoms with Crippen molar-refractivity contribution in [1.29, 1.82) is 0 Å². The molecule has 1 aromatic heterocycles. The normalized spacial score (nSPS) is 16.8. The van der Waals surface area contributed by atoms with Gasteiger partial charge < -0.3 is 15.5 Å². The number of amides is 1. The predicted molar refractivity (Wildman–Crippen MR) is 61.3 cm³/mol. The number of nitrogens with two attached hydrogens (primary N) is 1. The number of piperazine rings is 1.